The van der Waals surface area contributed by atoms with Crippen molar-refractivity contribution in [3.05, 3.63) is 17.5 Å². The molecule has 0 saturated heterocycles. The van der Waals surface area contributed by atoms with Gasteiger partial charge in [-0.2, -0.15) is 0 Å². The van der Waals surface area contributed by atoms with Crippen LogP contribution in [-0.4, -0.2) is 15.4 Å². The third kappa shape index (κ3) is 1.68. The molecule has 0 atom stereocenters. The summed E-state index contributed by atoms with van der Waals surface area (Å²) in [4.78, 5) is 0. The van der Waals surface area contributed by atoms with E-state index < -0.39 is 0 Å². The van der Waals surface area contributed by atoms with Gasteiger partial charge in [0.15, 0.2) is 0 Å². The van der Waals surface area contributed by atoms with Gasteiger partial charge in [0.05, 0.1) is 5.69 Å². The molecule has 1 aromatic heterocycles. The number of hydrogen-bond acceptors (Lipinski definition) is 2. The highest BCUT2D eigenvalue weighted by Gasteiger charge is 1.95. The van der Waals surface area contributed by atoms with Crippen LogP contribution < -0.4 is 0 Å². The summed E-state index contributed by atoms with van der Waals surface area (Å²) in [6.45, 7) is 1.92. The highest BCUT2D eigenvalue weighted by molar-refractivity contribution is 6.08. The van der Waals surface area contributed by atoms with E-state index in [1.807, 2.05) is 13.0 Å². The maximum atomic E-state index is 4.88. The lowest BCUT2D eigenvalue weighted by Crippen LogP contribution is -1.80. The Morgan fingerprint density at radius 1 is 1.78 bits per heavy atom. The number of aromatic nitrogens is 1. The summed E-state index contributed by atoms with van der Waals surface area (Å²) in [5.74, 6) is 0.917. The van der Waals surface area contributed by atoms with E-state index in [4.69, 9.17) is 4.52 Å². The van der Waals surface area contributed by atoms with Crippen molar-refractivity contribution in [2.45, 2.75) is 19.4 Å². The molecule has 0 spiro atoms. The lowest BCUT2D eigenvalue weighted by atomic mass is 10.3. The minimum absolute atomic E-state index is 0.917. The monoisotopic (exact) mass is 141 g/mol. The van der Waals surface area contributed by atoms with Gasteiger partial charge < -0.3 is 4.52 Å². The molecule has 0 aliphatic heterocycles. The molecule has 0 aliphatic carbocycles. The molecule has 1 aromatic rings. The molecule has 0 fully saturated rings. The van der Waals surface area contributed by atoms with Crippen LogP contribution in [0.2, 0.25) is 6.04 Å². The molecule has 0 amide bonds. The molecular weight excluding hydrogens is 130 g/mol. The first-order chi connectivity index (χ1) is 4.33. The van der Waals surface area contributed by atoms with Crippen molar-refractivity contribution in [2.75, 3.05) is 0 Å². The number of nitrogens with zero attached hydrogens (tertiary/aromatic N) is 1. The molecule has 0 unspecified atom stereocenters. The fraction of sp³-hybridized carbons (Fsp3) is 0.500. The normalized spacial score (nSPS) is 10.3. The zero-order chi connectivity index (χ0) is 6.69. The smallest absolute Gasteiger partial charge is 0.133 e. The maximum absolute atomic E-state index is 4.88. The van der Waals surface area contributed by atoms with Gasteiger partial charge in [0.1, 0.15) is 5.76 Å². The maximum Gasteiger partial charge on any atom is 0.133 e. The molecule has 0 N–H and O–H groups in total. The van der Waals surface area contributed by atoms with Gasteiger partial charge in [-0.05, 0) is 13.3 Å². The fourth-order valence-corrected chi connectivity index (χ4v) is 1.30. The van der Waals surface area contributed by atoms with E-state index in [1.54, 1.807) is 0 Å². The zero-order valence-electron chi connectivity index (χ0n) is 5.85. The summed E-state index contributed by atoms with van der Waals surface area (Å²) in [7, 11) is 1.25. The zero-order valence-corrected chi connectivity index (χ0v) is 7.85. The first-order valence-corrected chi connectivity index (χ1v) is 4.66. The molecular formula is C6H11NOSi. The molecule has 1 rings (SSSR count). The van der Waals surface area contributed by atoms with Crippen LogP contribution in [0.15, 0.2) is 10.6 Å². The largest absolute Gasteiger partial charge is 0.361 e. The molecule has 1 heterocycles. The summed E-state index contributed by atoms with van der Waals surface area (Å²) in [5.41, 5.74) is 1.10. The Kier molecular flexibility index (Phi) is 2.05. The van der Waals surface area contributed by atoms with Crippen molar-refractivity contribution in [3.63, 3.8) is 0 Å². The van der Waals surface area contributed by atoms with Gasteiger partial charge in [0.2, 0.25) is 0 Å². The summed E-state index contributed by atoms with van der Waals surface area (Å²) < 4.78 is 4.88. The summed E-state index contributed by atoms with van der Waals surface area (Å²) in [5, 5.41) is 3.85. The second-order valence-corrected chi connectivity index (χ2v) is 3.18. The van der Waals surface area contributed by atoms with Crippen LogP contribution in [0.3, 0.4) is 0 Å². The summed E-state index contributed by atoms with van der Waals surface area (Å²) >= 11 is 0. The Morgan fingerprint density at radius 2 is 2.56 bits per heavy atom. The molecule has 9 heavy (non-hydrogen) atoms. The highest BCUT2D eigenvalue weighted by Crippen LogP contribution is 2.02. The van der Waals surface area contributed by atoms with Gasteiger partial charge in [0, 0.05) is 16.3 Å². The Morgan fingerprint density at radius 3 is 3.00 bits per heavy atom. The molecule has 2 nitrogen and oxygen atoms in total. The van der Waals surface area contributed by atoms with Gasteiger partial charge in [-0.15, -0.1) is 0 Å². The van der Waals surface area contributed by atoms with E-state index >= 15 is 0 Å². The van der Waals surface area contributed by atoms with Crippen LogP contribution in [-0.2, 0) is 6.42 Å². The van der Waals surface area contributed by atoms with Crippen molar-refractivity contribution >= 4 is 10.2 Å². The second kappa shape index (κ2) is 2.82. The third-order valence-corrected chi connectivity index (χ3v) is 1.68. The average molecular weight is 141 g/mol. The minimum Gasteiger partial charge on any atom is -0.361 e. The number of hydrogen-bond donors (Lipinski definition) is 0. The molecule has 0 aromatic carbocycles. The van der Waals surface area contributed by atoms with Gasteiger partial charge >= 0.3 is 0 Å². The van der Waals surface area contributed by atoms with Crippen molar-refractivity contribution < 1.29 is 4.52 Å². The third-order valence-electron chi connectivity index (χ3n) is 1.18. The summed E-state index contributed by atoms with van der Waals surface area (Å²) in [6.07, 6.45) is 1.09. The average Bonchev–Trinajstić information content (AvgIpc) is 2.17. The van der Waals surface area contributed by atoms with E-state index in [-0.39, 0.29) is 0 Å². The van der Waals surface area contributed by atoms with Gasteiger partial charge in [-0.25, -0.2) is 0 Å². The van der Waals surface area contributed by atoms with E-state index in [1.165, 1.54) is 16.3 Å². The van der Waals surface area contributed by atoms with Crippen LogP contribution in [0.1, 0.15) is 11.5 Å². The fourth-order valence-electron chi connectivity index (χ4n) is 0.792. The number of aryl methyl sites for hydroxylation is 2. The van der Waals surface area contributed by atoms with Crippen LogP contribution >= 0.6 is 0 Å². The first-order valence-electron chi connectivity index (χ1n) is 3.25. The van der Waals surface area contributed by atoms with Crippen molar-refractivity contribution in [2.24, 2.45) is 0 Å². The predicted octanol–water partition coefficient (Wildman–Crippen LogP) is 0.309. The molecule has 50 valence electrons. The minimum atomic E-state index is 0.917. The lowest BCUT2D eigenvalue weighted by Gasteiger charge is -1.82. The van der Waals surface area contributed by atoms with Crippen molar-refractivity contribution in [1.82, 2.24) is 5.16 Å². The molecule has 3 heteroatoms. The highest BCUT2D eigenvalue weighted by atomic mass is 28.1. The Labute approximate surface area is 57.7 Å². The second-order valence-electron chi connectivity index (χ2n) is 2.18. The van der Waals surface area contributed by atoms with E-state index in [9.17, 15) is 0 Å². The van der Waals surface area contributed by atoms with Gasteiger partial charge in [-0.1, -0.05) is 11.2 Å². The van der Waals surface area contributed by atoms with Gasteiger partial charge in [0.25, 0.3) is 0 Å². The first kappa shape index (κ1) is 6.55. The lowest BCUT2D eigenvalue weighted by molar-refractivity contribution is 0.391. The van der Waals surface area contributed by atoms with E-state index in [0.717, 1.165) is 17.9 Å². The number of rotatable bonds is 2. The molecule has 0 bridgehead atoms. The topological polar surface area (TPSA) is 26.0 Å². The molecule has 0 aliphatic rings. The van der Waals surface area contributed by atoms with Crippen LogP contribution in [0.4, 0.5) is 0 Å². The predicted molar refractivity (Wildman–Crippen MR) is 39.7 cm³/mol. The van der Waals surface area contributed by atoms with Crippen molar-refractivity contribution in [1.29, 1.82) is 0 Å². The van der Waals surface area contributed by atoms with E-state index in [0.29, 0.717) is 0 Å². The Hall–Kier alpha value is -0.573. The standard InChI is InChI=1S/C6H11NOSi/c1-5-4-6(2-3-9)7-8-5/h4H,2-3H2,1,9H3. The molecule has 0 saturated carbocycles. The van der Waals surface area contributed by atoms with Crippen molar-refractivity contribution in [3.8, 4) is 0 Å². The quantitative estimate of drug-likeness (QED) is 0.554. The van der Waals surface area contributed by atoms with Crippen LogP contribution in [0.5, 0.6) is 0 Å². The Balaban J connectivity index is 2.61. The van der Waals surface area contributed by atoms with Crippen LogP contribution in [0, 0.1) is 6.92 Å². The SMILES string of the molecule is Cc1cc(CC[SiH3])no1. The summed E-state index contributed by atoms with van der Waals surface area (Å²) in [6, 6.07) is 3.27. The van der Waals surface area contributed by atoms with E-state index in [2.05, 4.69) is 5.16 Å². The van der Waals surface area contributed by atoms with Gasteiger partial charge in [-0.3, -0.25) is 0 Å². The van der Waals surface area contributed by atoms with Crippen LogP contribution in [0.25, 0.3) is 0 Å². The molecule has 0 radical (unpaired) electrons. The Bertz CT molecular complexity index is 185.